The van der Waals surface area contributed by atoms with E-state index in [1.807, 2.05) is 0 Å². The number of aliphatic hydroxyl groups is 1. The third-order valence-electron chi connectivity index (χ3n) is 1.64. The van der Waals surface area contributed by atoms with Crippen molar-refractivity contribution in [2.24, 2.45) is 0 Å². The molecule has 12 heavy (non-hydrogen) atoms. The van der Waals surface area contributed by atoms with E-state index in [1.165, 1.54) is 0 Å². The Kier molecular flexibility index (Phi) is 2.15. The van der Waals surface area contributed by atoms with Crippen LogP contribution in [0.25, 0.3) is 0 Å². The van der Waals surface area contributed by atoms with Crippen molar-refractivity contribution in [3.63, 3.8) is 0 Å². The van der Waals surface area contributed by atoms with Gasteiger partial charge in [0, 0.05) is 6.54 Å². The van der Waals surface area contributed by atoms with Crippen LogP contribution in [0.3, 0.4) is 0 Å². The van der Waals surface area contributed by atoms with Gasteiger partial charge in [-0.3, -0.25) is 5.41 Å². The maximum atomic E-state index is 9.20. The fourth-order valence-corrected chi connectivity index (χ4v) is 1.06. The largest absolute Gasteiger partial charge is 0.509 e. The normalized spacial score (nSPS) is 16.6. The number of amidine groups is 1. The number of hydrogen-bond donors (Lipinski definition) is 2. The van der Waals surface area contributed by atoms with Gasteiger partial charge in [0.1, 0.15) is 23.2 Å². The number of nitriles is 1. The van der Waals surface area contributed by atoms with Crippen LogP contribution in [0.1, 0.15) is 0 Å². The number of hydrogen-bond acceptors (Lipinski definition) is 3. The Bertz CT molecular complexity index is 298. The Morgan fingerprint density at radius 1 is 1.83 bits per heavy atom. The van der Waals surface area contributed by atoms with Gasteiger partial charge in [-0.15, -0.1) is 6.58 Å². The molecule has 0 radical (unpaired) electrons. The summed E-state index contributed by atoms with van der Waals surface area (Å²) >= 11 is 0. The summed E-state index contributed by atoms with van der Waals surface area (Å²) in [6.45, 7) is 4.24. The minimum atomic E-state index is -0.0237. The zero-order valence-corrected chi connectivity index (χ0v) is 6.54. The van der Waals surface area contributed by atoms with E-state index in [0.29, 0.717) is 6.54 Å². The Balaban J connectivity index is 2.82. The molecule has 1 heterocycles. The van der Waals surface area contributed by atoms with Crippen LogP contribution in [0.2, 0.25) is 0 Å². The molecule has 0 bridgehead atoms. The molecule has 4 heteroatoms. The highest BCUT2D eigenvalue weighted by atomic mass is 16.3. The Morgan fingerprint density at radius 2 is 2.50 bits per heavy atom. The van der Waals surface area contributed by atoms with Crippen LogP contribution in [0, 0.1) is 16.7 Å². The highest BCUT2D eigenvalue weighted by Crippen LogP contribution is 2.15. The summed E-state index contributed by atoms with van der Waals surface area (Å²) in [6.07, 6.45) is 1.63. The second kappa shape index (κ2) is 3.09. The molecule has 62 valence electrons. The number of rotatable bonds is 2. The third kappa shape index (κ3) is 1.17. The number of aliphatic hydroxyl groups excluding tert-OH is 1. The molecule has 2 N–H and O–H groups in total. The first-order chi connectivity index (χ1) is 5.70. The van der Waals surface area contributed by atoms with Gasteiger partial charge in [-0.25, -0.2) is 0 Å². The van der Waals surface area contributed by atoms with Crippen molar-refractivity contribution in [3.8, 4) is 6.07 Å². The van der Waals surface area contributed by atoms with Crippen LogP contribution in [0.15, 0.2) is 24.0 Å². The lowest BCUT2D eigenvalue weighted by Gasteiger charge is -2.14. The van der Waals surface area contributed by atoms with Crippen LogP contribution in [-0.4, -0.2) is 28.9 Å². The van der Waals surface area contributed by atoms with Crippen LogP contribution in [0.5, 0.6) is 0 Å². The van der Waals surface area contributed by atoms with Crippen LogP contribution in [-0.2, 0) is 0 Å². The summed E-state index contributed by atoms with van der Waals surface area (Å²) in [5, 5.41) is 25.2. The van der Waals surface area contributed by atoms with E-state index < -0.39 is 0 Å². The monoisotopic (exact) mass is 163 g/mol. The lowest BCUT2D eigenvalue weighted by atomic mass is 10.3. The van der Waals surface area contributed by atoms with E-state index in [0.717, 1.165) is 0 Å². The van der Waals surface area contributed by atoms with Gasteiger partial charge in [-0.2, -0.15) is 5.26 Å². The lowest BCUT2D eigenvalue weighted by molar-refractivity contribution is 0.360. The summed E-state index contributed by atoms with van der Waals surface area (Å²) in [7, 11) is 0. The van der Waals surface area contributed by atoms with E-state index in [4.69, 9.17) is 10.7 Å². The summed E-state index contributed by atoms with van der Waals surface area (Å²) in [5.74, 6) is 0.0549. The summed E-state index contributed by atoms with van der Waals surface area (Å²) < 4.78 is 0. The maximum Gasteiger partial charge on any atom is 0.143 e. The summed E-state index contributed by atoms with van der Waals surface area (Å²) in [6, 6.07) is 1.78. The van der Waals surface area contributed by atoms with Gasteiger partial charge in [0.05, 0.1) is 6.54 Å². The minimum Gasteiger partial charge on any atom is -0.509 e. The molecule has 0 aromatic rings. The summed E-state index contributed by atoms with van der Waals surface area (Å²) in [5.41, 5.74) is 0.0665. The molecule has 0 aromatic heterocycles. The number of nitrogens with one attached hydrogen (secondary N) is 1. The maximum absolute atomic E-state index is 9.20. The van der Waals surface area contributed by atoms with Gasteiger partial charge in [-0.1, -0.05) is 6.08 Å². The smallest absolute Gasteiger partial charge is 0.143 e. The molecular formula is C8H9N3O. The predicted octanol–water partition coefficient (Wildman–Crippen LogP) is 0.801. The Morgan fingerprint density at radius 3 is 2.92 bits per heavy atom. The third-order valence-corrected chi connectivity index (χ3v) is 1.64. The predicted molar refractivity (Wildman–Crippen MR) is 44.8 cm³/mol. The van der Waals surface area contributed by atoms with E-state index in [1.54, 1.807) is 17.0 Å². The van der Waals surface area contributed by atoms with E-state index in [-0.39, 0.29) is 23.7 Å². The SMILES string of the molecule is C=CCN1CC(O)=C(C#N)C1=N. The first-order valence-corrected chi connectivity index (χ1v) is 3.47. The molecule has 0 spiro atoms. The molecule has 0 unspecified atom stereocenters. The minimum absolute atomic E-state index is 0.0237. The first-order valence-electron chi connectivity index (χ1n) is 3.47. The fourth-order valence-electron chi connectivity index (χ4n) is 1.06. The molecule has 0 amide bonds. The van der Waals surface area contributed by atoms with Crippen molar-refractivity contribution < 1.29 is 5.11 Å². The molecule has 0 aliphatic carbocycles. The van der Waals surface area contributed by atoms with E-state index >= 15 is 0 Å². The molecule has 0 aromatic carbocycles. The van der Waals surface area contributed by atoms with E-state index in [9.17, 15) is 5.11 Å². The van der Waals surface area contributed by atoms with Crippen LogP contribution < -0.4 is 0 Å². The van der Waals surface area contributed by atoms with Crippen molar-refractivity contribution in [2.75, 3.05) is 13.1 Å². The molecule has 0 saturated carbocycles. The average molecular weight is 163 g/mol. The fraction of sp³-hybridized carbons (Fsp3) is 0.250. The molecule has 0 fully saturated rings. The Labute approximate surface area is 70.5 Å². The molecule has 4 nitrogen and oxygen atoms in total. The van der Waals surface area contributed by atoms with Gasteiger partial charge < -0.3 is 10.0 Å². The van der Waals surface area contributed by atoms with Gasteiger partial charge in [0.15, 0.2) is 0 Å². The highest BCUT2D eigenvalue weighted by Gasteiger charge is 2.25. The summed E-state index contributed by atoms with van der Waals surface area (Å²) in [4.78, 5) is 1.57. The number of nitrogens with zero attached hydrogens (tertiary/aromatic N) is 2. The Hall–Kier alpha value is -1.76. The first kappa shape index (κ1) is 8.34. The van der Waals surface area contributed by atoms with Crippen LogP contribution >= 0.6 is 0 Å². The van der Waals surface area contributed by atoms with Gasteiger partial charge in [0.2, 0.25) is 0 Å². The second-order valence-electron chi connectivity index (χ2n) is 2.45. The standard InChI is InChI=1S/C8H9N3O/c1-2-3-11-5-7(12)6(4-9)8(11)10/h2,10,12H,1,3,5H2. The van der Waals surface area contributed by atoms with Crippen LogP contribution in [0.4, 0.5) is 0 Å². The zero-order chi connectivity index (χ0) is 9.14. The second-order valence-corrected chi connectivity index (χ2v) is 2.45. The van der Waals surface area contributed by atoms with Crippen molar-refractivity contribution in [2.45, 2.75) is 0 Å². The van der Waals surface area contributed by atoms with Crippen molar-refractivity contribution in [1.29, 1.82) is 10.7 Å². The van der Waals surface area contributed by atoms with Gasteiger partial charge in [0.25, 0.3) is 0 Å². The van der Waals surface area contributed by atoms with E-state index in [2.05, 4.69) is 6.58 Å². The van der Waals surface area contributed by atoms with Crippen molar-refractivity contribution >= 4 is 5.84 Å². The molecule has 0 saturated heterocycles. The zero-order valence-electron chi connectivity index (χ0n) is 6.54. The molecule has 1 aliphatic rings. The molecule has 1 rings (SSSR count). The van der Waals surface area contributed by atoms with Gasteiger partial charge >= 0.3 is 0 Å². The highest BCUT2D eigenvalue weighted by molar-refractivity contribution is 6.02. The lowest BCUT2D eigenvalue weighted by Crippen LogP contribution is -2.26. The average Bonchev–Trinajstić information content (AvgIpc) is 2.29. The van der Waals surface area contributed by atoms with Gasteiger partial charge in [-0.05, 0) is 0 Å². The molecule has 1 aliphatic heterocycles. The van der Waals surface area contributed by atoms with Crippen molar-refractivity contribution in [3.05, 3.63) is 24.0 Å². The topological polar surface area (TPSA) is 71.1 Å². The molecule has 0 atom stereocenters. The quantitative estimate of drug-likeness (QED) is 0.591. The van der Waals surface area contributed by atoms with Crippen molar-refractivity contribution in [1.82, 2.24) is 4.90 Å². The molecular weight excluding hydrogens is 154 g/mol.